The lowest BCUT2D eigenvalue weighted by Crippen LogP contribution is -2.26. The minimum absolute atomic E-state index is 0.203. The molecule has 0 radical (unpaired) electrons. The van der Waals surface area contributed by atoms with Crippen LogP contribution < -0.4 is 15.4 Å². The Labute approximate surface area is 157 Å². The number of rotatable bonds is 8. The van der Waals surface area contributed by atoms with Gasteiger partial charge in [-0.05, 0) is 44.7 Å². The van der Waals surface area contributed by atoms with Crippen LogP contribution in [-0.4, -0.2) is 45.7 Å². The maximum Gasteiger partial charge on any atom is 0.223 e. The lowest BCUT2D eigenvalue weighted by Gasteiger charge is -2.11. The molecule has 8 heteroatoms. The topological polar surface area (TPSA) is 93.4 Å². The lowest BCUT2D eigenvalue weighted by molar-refractivity contribution is -0.122. The second-order valence-corrected chi connectivity index (χ2v) is 6.92. The molecule has 3 aromatic rings. The number of aryl methyl sites for hydroxylation is 1. The van der Waals surface area contributed by atoms with Crippen LogP contribution in [0, 0.1) is 12.8 Å². The fourth-order valence-electron chi connectivity index (χ4n) is 3.16. The summed E-state index contributed by atoms with van der Waals surface area (Å²) >= 11 is 0. The van der Waals surface area contributed by atoms with Gasteiger partial charge in [-0.15, -0.1) is 10.2 Å². The Morgan fingerprint density at radius 1 is 1.26 bits per heavy atom. The molecule has 1 fully saturated rings. The largest absolute Gasteiger partial charge is 0.497 e. The van der Waals surface area contributed by atoms with Gasteiger partial charge in [-0.1, -0.05) is 0 Å². The van der Waals surface area contributed by atoms with E-state index in [-0.39, 0.29) is 11.8 Å². The average Bonchev–Trinajstić information content (AvgIpc) is 3.46. The molecule has 1 saturated carbocycles. The number of aromatic nitrogens is 4. The maximum atomic E-state index is 11.6. The van der Waals surface area contributed by atoms with Gasteiger partial charge < -0.3 is 15.4 Å². The van der Waals surface area contributed by atoms with Crippen LogP contribution >= 0.6 is 0 Å². The van der Waals surface area contributed by atoms with E-state index in [4.69, 9.17) is 9.72 Å². The van der Waals surface area contributed by atoms with Gasteiger partial charge in [0.2, 0.25) is 11.6 Å². The van der Waals surface area contributed by atoms with Crippen molar-refractivity contribution in [3.63, 3.8) is 0 Å². The molecule has 27 heavy (non-hydrogen) atoms. The molecule has 0 saturated heterocycles. The molecular formula is C19H24N6O2. The molecule has 0 unspecified atom stereocenters. The monoisotopic (exact) mass is 368 g/mol. The van der Waals surface area contributed by atoms with Crippen LogP contribution in [0.5, 0.6) is 5.75 Å². The molecule has 0 bridgehead atoms. The summed E-state index contributed by atoms with van der Waals surface area (Å²) in [6.45, 7) is 3.40. The Bertz CT molecular complexity index is 979. The number of anilines is 1. The first-order valence-electron chi connectivity index (χ1n) is 9.38. The highest BCUT2D eigenvalue weighted by Crippen LogP contribution is 2.28. The van der Waals surface area contributed by atoms with E-state index in [9.17, 15) is 4.79 Å². The summed E-state index contributed by atoms with van der Waals surface area (Å²) in [6, 6.07) is 5.79. The number of carbonyl (C=O) groups is 1. The molecule has 0 atom stereocenters. The van der Waals surface area contributed by atoms with Crippen LogP contribution in [0.25, 0.3) is 16.7 Å². The Balaban J connectivity index is 1.44. The molecule has 2 N–H and O–H groups in total. The quantitative estimate of drug-likeness (QED) is 0.593. The first-order chi connectivity index (χ1) is 13.2. The molecule has 0 spiro atoms. The summed E-state index contributed by atoms with van der Waals surface area (Å²) in [5.74, 6) is 2.75. The van der Waals surface area contributed by atoms with E-state index in [0.717, 1.165) is 61.4 Å². The summed E-state index contributed by atoms with van der Waals surface area (Å²) < 4.78 is 7.32. The van der Waals surface area contributed by atoms with Crippen molar-refractivity contribution < 1.29 is 9.53 Å². The van der Waals surface area contributed by atoms with E-state index in [1.54, 1.807) is 7.11 Å². The number of hydrogen-bond acceptors (Lipinski definition) is 6. The number of amides is 1. The number of unbranched alkanes of at least 4 members (excludes halogenated alkanes) is 1. The molecule has 2 heterocycles. The Morgan fingerprint density at radius 3 is 2.85 bits per heavy atom. The molecule has 1 amide bonds. The summed E-state index contributed by atoms with van der Waals surface area (Å²) in [7, 11) is 1.64. The zero-order chi connectivity index (χ0) is 18.8. The number of hydrogen-bond donors (Lipinski definition) is 2. The third kappa shape index (κ3) is 3.65. The predicted octanol–water partition coefficient (Wildman–Crippen LogP) is 2.31. The SMILES string of the molecule is COc1ccc2c(c1)nc(NCCCCNC(=O)C1CC1)c1nnc(C)n12. The van der Waals surface area contributed by atoms with Crippen molar-refractivity contribution in [2.45, 2.75) is 32.6 Å². The smallest absolute Gasteiger partial charge is 0.223 e. The number of nitrogens with one attached hydrogen (secondary N) is 2. The van der Waals surface area contributed by atoms with Crippen LogP contribution in [0.1, 0.15) is 31.5 Å². The summed E-state index contributed by atoms with van der Waals surface area (Å²) in [5.41, 5.74) is 2.48. The van der Waals surface area contributed by atoms with Crippen LogP contribution in [0.3, 0.4) is 0 Å². The summed E-state index contributed by atoms with van der Waals surface area (Å²) in [6.07, 6.45) is 3.94. The van der Waals surface area contributed by atoms with Gasteiger partial charge >= 0.3 is 0 Å². The summed E-state index contributed by atoms with van der Waals surface area (Å²) in [5, 5.41) is 14.8. The van der Waals surface area contributed by atoms with E-state index in [1.165, 1.54) is 0 Å². The fraction of sp³-hybridized carbons (Fsp3) is 0.474. The molecule has 2 aromatic heterocycles. The van der Waals surface area contributed by atoms with Gasteiger partial charge in [0.25, 0.3) is 0 Å². The molecule has 142 valence electrons. The molecule has 1 aliphatic carbocycles. The van der Waals surface area contributed by atoms with Gasteiger partial charge in [0.05, 0.1) is 18.1 Å². The van der Waals surface area contributed by atoms with Gasteiger partial charge in [0.1, 0.15) is 11.6 Å². The normalized spacial score (nSPS) is 13.9. The highest BCUT2D eigenvalue weighted by Gasteiger charge is 2.28. The standard InChI is InChI=1S/C19H24N6O2/c1-12-23-24-18-17(20-9-3-4-10-21-19(26)13-5-6-13)22-15-11-14(27-2)7-8-16(15)25(12)18/h7-8,11,13H,3-6,9-10H2,1-2H3,(H,20,22)(H,21,26). The van der Waals surface area contributed by atoms with Crippen LogP contribution in [0.2, 0.25) is 0 Å². The minimum Gasteiger partial charge on any atom is -0.497 e. The van der Waals surface area contributed by atoms with Crippen LogP contribution in [0.15, 0.2) is 18.2 Å². The van der Waals surface area contributed by atoms with Crippen molar-refractivity contribution in [1.82, 2.24) is 24.9 Å². The van der Waals surface area contributed by atoms with E-state index >= 15 is 0 Å². The molecule has 4 rings (SSSR count). The first kappa shape index (κ1) is 17.5. The second-order valence-electron chi connectivity index (χ2n) is 6.92. The Kier molecular flexibility index (Phi) is 4.79. The number of benzene rings is 1. The number of ether oxygens (including phenoxy) is 1. The highest BCUT2D eigenvalue weighted by atomic mass is 16.5. The molecular weight excluding hydrogens is 344 g/mol. The van der Waals surface area contributed by atoms with Crippen molar-refractivity contribution in [2.75, 3.05) is 25.5 Å². The average molecular weight is 368 g/mol. The van der Waals surface area contributed by atoms with Crippen molar-refractivity contribution in [3.05, 3.63) is 24.0 Å². The van der Waals surface area contributed by atoms with Crippen molar-refractivity contribution in [2.24, 2.45) is 5.92 Å². The van der Waals surface area contributed by atoms with Gasteiger partial charge in [-0.25, -0.2) is 4.98 Å². The highest BCUT2D eigenvalue weighted by molar-refractivity contribution is 5.84. The number of fused-ring (bicyclic) bond motifs is 3. The molecule has 0 aliphatic heterocycles. The van der Waals surface area contributed by atoms with E-state index in [1.807, 2.05) is 29.5 Å². The number of methoxy groups -OCH3 is 1. The lowest BCUT2D eigenvalue weighted by atomic mass is 10.2. The third-order valence-electron chi connectivity index (χ3n) is 4.84. The zero-order valence-electron chi connectivity index (χ0n) is 15.7. The Morgan fingerprint density at radius 2 is 2.07 bits per heavy atom. The van der Waals surface area contributed by atoms with E-state index in [0.29, 0.717) is 11.5 Å². The molecule has 8 nitrogen and oxygen atoms in total. The van der Waals surface area contributed by atoms with Gasteiger partial charge in [0.15, 0.2) is 5.82 Å². The number of carbonyl (C=O) groups excluding carboxylic acids is 1. The maximum absolute atomic E-state index is 11.6. The van der Waals surface area contributed by atoms with Gasteiger partial charge in [-0.2, -0.15) is 0 Å². The van der Waals surface area contributed by atoms with E-state index in [2.05, 4.69) is 20.8 Å². The molecule has 1 aliphatic rings. The second kappa shape index (κ2) is 7.38. The van der Waals surface area contributed by atoms with Gasteiger partial charge in [-0.3, -0.25) is 9.20 Å². The fourth-order valence-corrected chi connectivity index (χ4v) is 3.16. The predicted molar refractivity (Wildman–Crippen MR) is 103 cm³/mol. The van der Waals surface area contributed by atoms with Crippen LogP contribution in [0.4, 0.5) is 5.82 Å². The summed E-state index contributed by atoms with van der Waals surface area (Å²) in [4.78, 5) is 16.3. The van der Waals surface area contributed by atoms with Gasteiger partial charge in [0, 0.05) is 25.1 Å². The van der Waals surface area contributed by atoms with Crippen molar-refractivity contribution >= 4 is 28.4 Å². The Hall–Kier alpha value is -2.90. The minimum atomic E-state index is 0.203. The zero-order valence-corrected chi connectivity index (χ0v) is 15.7. The van der Waals surface area contributed by atoms with Crippen molar-refractivity contribution in [1.29, 1.82) is 0 Å². The van der Waals surface area contributed by atoms with E-state index < -0.39 is 0 Å². The molecule has 1 aromatic carbocycles. The number of nitrogens with zero attached hydrogens (tertiary/aromatic N) is 4. The van der Waals surface area contributed by atoms with Crippen LogP contribution in [-0.2, 0) is 4.79 Å². The van der Waals surface area contributed by atoms with Crippen molar-refractivity contribution in [3.8, 4) is 5.75 Å². The third-order valence-corrected chi connectivity index (χ3v) is 4.84. The first-order valence-corrected chi connectivity index (χ1v) is 9.38.